The van der Waals surface area contributed by atoms with E-state index in [1.807, 2.05) is 25.1 Å². The van der Waals surface area contributed by atoms with Crippen LogP contribution in [0.1, 0.15) is 31.3 Å². The van der Waals surface area contributed by atoms with Gasteiger partial charge in [-0.2, -0.15) is 0 Å². The zero-order chi connectivity index (χ0) is 15.2. The molecule has 0 spiro atoms. The number of nitrogens with one attached hydrogen (secondary N) is 1. The van der Waals surface area contributed by atoms with E-state index in [4.69, 9.17) is 0 Å². The van der Waals surface area contributed by atoms with Crippen LogP contribution in [0.3, 0.4) is 0 Å². The van der Waals surface area contributed by atoms with Crippen LogP contribution in [0.15, 0.2) is 24.4 Å². The Labute approximate surface area is 126 Å². The minimum Gasteiger partial charge on any atom is -0.373 e. The average Bonchev–Trinajstić information content (AvgIpc) is 2.50. The smallest absolute Gasteiger partial charge is 0.149 e. The fourth-order valence-electron chi connectivity index (χ4n) is 2.27. The Morgan fingerprint density at radius 2 is 2.00 bits per heavy atom. The average molecular weight is 288 g/mol. The summed E-state index contributed by atoms with van der Waals surface area (Å²) in [5.74, 6) is 0. The zero-order valence-electron chi connectivity index (χ0n) is 13.0. The molecule has 1 aromatic carbocycles. The van der Waals surface area contributed by atoms with Gasteiger partial charge in [0.1, 0.15) is 11.9 Å². The van der Waals surface area contributed by atoms with Crippen LogP contribution in [0.5, 0.6) is 0 Å². The van der Waals surface area contributed by atoms with E-state index in [1.54, 1.807) is 6.20 Å². The maximum Gasteiger partial charge on any atom is 0.149 e. The third kappa shape index (κ3) is 4.20. The van der Waals surface area contributed by atoms with Crippen molar-refractivity contribution in [3.63, 3.8) is 0 Å². The molecule has 0 amide bonds. The Morgan fingerprint density at radius 1 is 1.24 bits per heavy atom. The number of nitrogens with zero attached hydrogens (tertiary/aromatic N) is 3. The lowest BCUT2D eigenvalue weighted by Crippen LogP contribution is -2.33. The number of rotatable bonds is 7. The number of fused-ring (bicyclic) bond motifs is 1. The van der Waals surface area contributed by atoms with Crippen molar-refractivity contribution < 1.29 is 5.11 Å². The summed E-state index contributed by atoms with van der Waals surface area (Å²) in [7, 11) is 0. The molecular weight excluding hydrogens is 264 g/mol. The summed E-state index contributed by atoms with van der Waals surface area (Å²) in [6, 6.07) is 5.93. The number of aryl methyl sites for hydroxylation is 1. The summed E-state index contributed by atoms with van der Waals surface area (Å²) in [6.07, 6.45) is 0.857. The van der Waals surface area contributed by atoms with Gasteiger partial charge in [0.2, 0.25) is 0 Å². The molecule has 0 bridgehead atoms. The van der Waals surface area contributed by atoms with Crippen LogP contribution in [0.4, 0.5) is 0 Å². The fraction of sp³-hybridized carbons (Fsp3) is 0.500. The van der Waals surface area contributed by atoms with Gasteiger partial charge in [-0.1, -0.05) is 19.9 Å². The summed E-state index contributed by atoms with van der Waals surface area (Å²) in [5, 5.41) is 13.2. The van der Waals surface area contributed by atoms with E-state index in [0.717, 1.165) is 42.8 Å². The van der Waals surface area contributed by atoms with Crippen molar-refractivity contribution in [3.05, 3.63) is 35.7 Å². The molecule has 5 heteroatoms. The van der Waals surface area contributed by atoms with Crippen molar-refractivity contribution in [3.8, 4) is 0 Å². The van der Waals surface area contributed by atoms with Gasteiger partial charge in [-0.25, -0.2) is 4.98 Å². The second kappa shape index (κ2) is 7.45. The van der Waals surface area contributed by atoms with Crippen LogP contribution in [0.2, 0.25) is 0 Å². The molecule has 0 saturated heterocycles. The standard InChI is InChI=1S/C16H24N4O/c1-4-20(5-2)9-8-17-16(21)15-11-18-14-10-12(3)6-7-13(14)19-15/h6-7,10-11,16-17,21H,4-5,8-9H2,1-3H3. The highest BCUT2D eigenvalue weighted by atomic mass is 16.3. The number of aromatic nitrogens is 2. The van der Waals surface area contributed by atoms with Gasteiger partial charge in [0.05, 0.1) is 17.2 Å². The van der Waals surface area contributed by atoms with Gasteiger partial charge >= 0.3 is 0 Å². The van der Waals surface area contributed by atoms with Crippen LogP contribution in [0, 0.1) is 6.92 Å². The van der Waals surface area contributed by atoms with Crippen LogP contribution in [-0.4, -0.2) is 46.2 Å². The SMILES string of the molecule is CCN(CC)CCNC(O)c1cnc2cc(C)ccc2n1. The second-order valence-electron chi connectivity index (χ2n) is 5.17. The molecule has 0 saturated carbocycles. The normalized spacial score (nSPS) is 13.0. The van der Waals surface area contributed by atoms with Gasteiger partial charge < -0.3 is 10.0 Å². The molecule has 1 heterocycles. The van der Waals surface area contributed by atoms with E-state index in [-0.39, 0.29) is 0 Å². The first-order valence-electron chi connectivity index (χ1n) is 7.51. The van der Waals surface area contributed by atoms with Gasteiger partial charge in [0.25, 0.3) is 0 Å². The second-order valence-corrected chi connectivity index (χ2v) is 5.17. The number of aliphatic hydroxyl groups excluding tert-OH is 1. The lowest BCUT2D eigenvalue weighted by molar-refractivity contribution is 0.129. The molecule has 0 aliphatic carbocycles. The van der Waals surface area contributed by atoms with Crippen LogP contribution < -0.4 is 5.32 Å². The summed E-state index contributed by atoms with van der Waals surface area (Å²) >= 11 is 0. The summed E-state index contributed by atoms with van der Waals surface area (Å²) < 4.78 is 0. The van der Waals surface area contributed by atoms with Crippen molar-refractivity contribution in [1.29, 1.82) is 0 Å². The van der Waals surface area contributed by atoms with Gasteiger partial charge in [-0.3, -0.25) is 10.3 Å². The Morgan fingerprint density at radius 3 is 2.71 bits per heavy atom. The van der Waals surface area contributed by atoms with E-state index in [1.165, 1.54) is 0 Å². The Hall–Kier alpha value is -1.56. The highest BCUT2D eigenvalue weighted by molar-refractivity contribution is 5.74. The van der Waals surface area contributed by atoms with Crippen molar-refractivity contribution in [1.82, 2.24) is 20.2 Å². The first-order chi connectivity index (χ1) is 10.1. The molecular formula is C16H24N4O. The van der Waals surface area contributed by atoms with E-state index >= 15 is 0 Å². The third-order valence-electron chi connectivity index (χ3n) is 3.66. The highest BCUT2D eigenvalue weighted by Gasteiger charge is 2.10. The zero-order valence-corrected chi connectivity index (χ0v) is 13.0. The van der Waals surface area contributed by atoms with Crippen molar-refractivity contribution in [2.45, 2.75) is 27.0 Å². The number of benzene rings is 1. The molecule has 1 aromatic heterocycles. The predicted molar refractivity (Wildman–Crippen MR) is 85.0 cm³/mol. The minimum atomic E-state index is -0.779. The van der Waals surface area contributed by atoms with Gasteiger partial charge in [-0.05, 0) is 37.7 Å². The quantitative estimate of drug-likeness (QED) is 0.762. The molecule has 2 rings (SSSR count). The van der Waals surface area contributed by atoms with E-state index in [0.29, 0.717) is 5.69 Å². The monoisotopic (exact) mass is 288 g/mol. The maximum absolute atomic E-state index is 10.2. The number of hydrogen-bond donors (Lipinski definition) is 2. The number of likely N-dealkylation sites (N-methyl/N-ethyl adjacent to an activating group) is 1. The lowest BCUT2D eigenvalue weighted by atomic mass is 10.2. The van der Waals surface area contributed by atoms with Crippen molar-refractivity contribution >= 4 is 11.0 Å². The largest absolute Gasteiger partial charge is 0.373 e. The summed E-state index contributed by atoms with van der Waals surface area (Å²) in [4.78, 5) is 11.1. The predicted octanol–water partition coefficient (Wildman–Crippen LogP) is 1.86. The molecule has 5 nitrogen and oxygen atoms in total. The molecule has 0 fully saturated rings. The van der Waals surface area contributed by atoms with Crippen molar-refractivity contribution in [2.24, 2.45) is 0 Å². The van der Waals surface area contributed by atoms with Crippen LogP contribution in [0.25, 0.3) is 11.0 Å². The third-order valence-corrected chi connectivity index (χ3v) is 3.66. The molecule has 114 valence electrons. The Bertz CT molecular complexity index is 583. The van der Waals surface area contributed by atoms with Gasteiger partial charge in [0, 0.05) is 13.1 Å². The topological polar surface area (TPSA) is 61.3 Å². The molecule has 0 radical (unpaired) electrons. The van der Waals surface area contributed by atoms with Crippen LogP contribution >= 0.6 is 0 Å². The molecule has 0 aliphatic rings. The van der Waals surface area contributed by atoms with Crippen molar-refractivity contribution in [2.75, 3.05) is 26.2 Å². The number of aliphatic hydroxyl groups is 1. The lowest BCUT2D eigenvalue weighted by Gasteiger charge is -2.19. The first kappa shape index (κ1) is 15.8. The Balaban J connectivity index is 1.99. The molecule has 1 unspecified atom stereocenters. The number of hydrogen-bond acceptors (Lipinski definition) is 5. The minimum absolute atomic E-state index is 0.561. The maximum atomic E-state index is 10.2. The van der Waals surface area contributed by atoms with E-state index in [2.05, 4.69) is 34.0 Å². The first-order valence-corrected chi connectivity index (χ1v) is 7.51. The highest BCUT2D eigenvalue weighted by Crippen LogP contribution is 2.14. The fourth-order valence-corrected chi connectivity index (χ4v) is 2.27. The summed E-state index contributed by atoms with van der Waals surface area (Å²) in [5.41, 5.74) is 3.38. The molecule has 21 heavy (non-hydrogen) atoms. The van der Waals surface area contributed by atoms with E-state index in [9.17, 15) is 5.11 Å². The summed E-state index contributed by atoms with van der Waals surface area (Å²) in [6.45, 7) is 9.96. The molecule has 2 N–H and O–H groups in total. The molecule has 2 aromatic rings. The van der Waals surface area contributed by atoms with Gasteiger partial charge in [-0.15, -0.1) is 0 Å². The Kier molecular flexibility index (Phi) is 5.61. The van der Waals surface area contributed by atoms with Gasteiger partial charge in [0.15, 0.2) is 0 Å². The van der Waals surface area contributed by atoms with Crippen LogP contribution in [-0.2, 0) is 0 Å². The molecule has 1 atom stereocenters. The van der Waals surface area contributed by atoms with E-state index < -0.39 is 6.23 Å². The molecule has 0 aliphatic heterocycles.